The summed E-state index contributed by atoms with van der Waals surface area (Å²) < 4.78 is 5.44. The van der Waals surface area contributed by atoms with Gasteiger partial charge in [-0.15, -0.1) is 0 Å². The Hall–Kier alpha value is -1.10. The van der Waals surface area contributed by atoms with Crippen LogP contribution in [-0.2, 0) is 14.3 Å². The molecule has 0 spiro atoms. The Labute approximate surface area is 102 Å². The first-order valence-electron chi connectivity index (χ1n) is 6.24. The number of carbonyl (C=O) groups is 2. The van der Waals surface area contributed by atoms with Crippen LogP contribution in [0, 0.1) is 0 Å². The molecule has 0 saturated carbocycles. The zero-order chi connectivity index (χ0) is 12.7. The van der Waals surface area contributed by atoms with Gasteiger partial charge in [-0.1, -0.05) is 6.92 Å². The van der Waals surface area contributed by atoms with Crippen molar-refractivity contribution in [3.63, 3.8) is 0 Å². The van der Waals surface area contributed by atoms with Crippen molar-refractivity contribution in [2.75, 3.05) is 19.7 Å². The molecule has 1 heterocycles. The van der Waals surface area contributed by atoms with Crippen molar-refractivity contribution in [1.82, 2.24) is 4.90 Å². The van der Waals surface area contributed by atoms with Crippen molar-refractivity contribution in [2.24, 2.45) is 0 Å². The summed E-state index contributed by atoms with van der Waals surface area (Å²) in [5, 5.41) is 8.72. The second-order valence-electron chi connectivity index (χ2n) is 4.38. The van der Waals surface area contributed by atoms with Crippen LogP contribution in [0.5, 0.6) is 0 Å². The molecule has 0 bridgehead atoms. The van der Waals surface area contributed by atoms with Crippen LogP contribution < -0.4 is 0 Å². The minimum absolute atomic E-state index is 0.0789. The van der Waals surface area contributed by atoms with Crippen LogP contribution >= 0.6 is 0 Å². The Morgan fingerprint density at radius 2 is 2.24 bits per heavy atom. The van der Waals surface area contributed by atoms with Crippen molar-refractivity contribution in [3.05, 3.63) is 0 Å². The maximum Gasteiger partial charge on any atom is 0.323 e. The molecule has 1 aliphatic rings. The Bertz CT molecular complexity index is 261. The summed E-state index contributed by atoms with van der Waals surface area (Å²) in [4.78, 5) is 23.9. The van der Waals surface area contributed by atoms with Crippen LogP contribution in [0.15, 0.2) is 0 Å². The fourth-order valence-corrected chi connectivity index (χ4v) is 2.04. The largest absolute Gasteiger partial charge is 0.480 e. The number of carboxylic acid groups (broad SMARTS) is 1. The number of nitrogens with zero attached hydrogens (tertiary/aromatic N) is 1. The first-order chi connectivity index (χ1) is 8.13. The highest BCUT2D eigenvalue weighted by Crippen LogP contribution is 2.17. The fraction of sp³-hybridized carbons (Fsp3) is 0.833. The van der Waals surface area contributed by atoms with E-state index in [1.165, 1.54) is 4.90 Å². The normalized spacial score (nSPS) is 19.2. The highest BCUT2D eigenvalue weighted by atomic mass is 16.5. The zero-order valence-corrected chi connectivity index (χ0v) is 10.4. The molecule has 1 atom stereocenters. The number of amides is 1. The number of ether oxygens (including phenoxy) is 1. The lowest BCUT2D eigenvalue weighted by molar-refractivity contribution is -0.144. The fourth-order valence-electron chi connectivity index (χ4n) is 2.04. The average molecular weight is 243 g/mol. The van der Waals surface area contributed by atoms with Crippen LogP contribution in [0.1, 0.15) is 39.0 Å². The quantitative estimate of drug-likeness (QED) is 0.731. The third-order valence-corrected chi connectivity index (χ3v) is 2.88. The summed E-state index contributed by atoms with van der Waals surface area (Å²) in [5.41, 5.74) is 0. The van der Waals surface area contributed by atoms with Gasteiger partial charge in [-0.2, -0.15) is 0 Å². The van der Waals surface area contributed by atoms with Crippen molar-refractivity contribution < 1.29 is 19.4 Å². The molecule has 1 saturated heterocycles. The first kappa shape index (κ1) is 14.0. The number of carboxylic acids is 1. The van der Waals surface area contributed by atoms with E-state index in [4.69, 9.17) is 9.84 Å². The lowest BCUT2D eigenvalue weighted by Gasteiger charge is -2.20. The molecule has 0 aromatic carbocycles. The van der Waals surface area contributed by atoms with Crippen LogP contribution in [0.4, 0.5) is 0 Å². The van der Waals surface area contributed by atoms with Crippen molar-refractivity contribution >= 4 is 11.9 Å². The summed E-state index contributed by atoms with van der Waals surface area (Å²) in [5.74, 6) is -1.03. The Morgan fingerprint density at radius 3 is 2.76 bits per heavy atom. The molecule has 1 fully saturated rings. The van der Waals surface area contributed by atoms with Crippen molar-refractivity contribution in [3.8, 4) is 0 Å². The van der Waals surface area contributed by atoms with Crippen molar-refractivity contribution in [2.45, 2.75) is 45.1 Å². The molecule has 0 aromatic heterocycles. The molecule has 5 heteroatoms. The second kappa shape index (κ2) is 7.27. The summed E-state index contributed by atoms with van der Waals surface area (Å²) in [6.45, 7) is 3.03. The molecular weight excluding hydrogens is 222 g/mol. The average Bonchev–Trinajstić information content (AvgIpc) is 2.77. The first-order valence-corrected chi connectivity index (χ1v) is 6.24. The van der Waals surface area contributed by atoms with Crippen LogP contribution in [0.25, 0.3) is 0 Å². The molecule has 1 aliphatic heterocycles. The van der Waals surface area contributed by atoms with Crippen LogP contribution in [0.2, 0.25) is 0 Å². The van der Waals surface area contributed by atoms with Gasteiger partial charge in [-0.25, -0.2) is 0 Å². The molecule has 5 nitrogen and oxygen atoms in total. The Kier molecular flexibility index (Phi) is 5.97. The molecule has 0 radical (unpaired) electrons. The van der Waals surface area contributed by atoms with E-state index < -0.39 is 5.97 Å². The van der Waals surface area contributed by atoms with Crippen molar-refractivity contribution in [1.29, 1.82) is 0 Å². The van der Waals surface area contributed by atoms with Gasteiger partial charge in [0.1, 0.15) is 6.54 Å². The number of hydrogen-bond donors (Lipinski definition) is 1. The molecule has 1 unspecified atom stereocenters. The van der Waals surface area contributed by atoms with Gasteiger partial charge < -0.3 is 14.7 Å². The molecule has 98 valence electrons. The number of carbonyl (C=O) groups excluding carboxylic acids is 1. The molecular formula is C12H21NO4. The summed E-state index contributed by atoms with van der Waals surface area (Å²) >= 11 is 0. The molecule has 1 amide bonds. The van der Waals surface area contributed by atoms with Crippen LogP contribution in [-0.4, -0.2) is 47.7 Å². The monoisotopic (exact) mass is 243 g/mol. The maximum absolute atomic E-state index is 11.8. The predicted molar refractivity (Wildman–Crippen MR) is 62.7 cm³/mol. The topological polar surface area (TPSA) is 66.8 Å². The molecule has 1 rings (SSSR count). The van der Waals surface area contributed by atoms with E-state index in [1.54, 1.807) is 0 Å². The summed E-state index contributed by atoms with van der Waals surface area (Å²) in [7, 11) is 0. The Morgan fingerprint density at radius 1 is 1.47 bits per heavy atom. The zero-order valence-electron chi connectivity index (χ0n) is 10.4. The van der Waals surface area contributed by atoms with E-state index >= 15 is 0 Å². The van der Waals surface area contributed by atoms with Gasteiger partial charge in [0, 0.05) is 19.6 Å². The Balaban J connectivity index is 2.32. The smallest absolute Gasteiger partial charge is 0.323 e. The third kappa shape index (κ3) is 5.17. The van der Waals surface area contributed by atoms with E-state index in [-0.39, 0.29) is 18.6 Å². The summed E-state index contributed by atoms with van der Waals surface area (Å²) in [6.07, 6.45) is 4.13. The number of aliphatic carboxylic acids is 1. The van der Waals surface area contributed by atoms with Crippen LogP contribution in [0.3, 0.4) is 0 Å². The lowest BCUT2D eigenvalue weighted by Crippen LogP contribution is -2.36. The maximum atomic E-state index is 11.8. The molecule has 17 heavy (non-hydrogen) atoms. The standard InChI is InChI=1S/C12H21NO4/c1-2-7-13(9-12(15)16)11(14)6-5-10-4-3-8-17-10/h10H,2-9H2,1H3,(H,15,16). The predicted octanol–water partition coefficient (Wildman–Crippen LogP) is 1.27. The SMILES string of the molecule is CCCN(CC(=O)O)C(=O)CCC1CCCO1. The summed E-state index contributed by atoms with van der Waals surface area (Å²) in [6, 6.07) is 0. The lowest BCUT2D eigenvalue weighted by atomic mass is 10.1. The number of rotatable bonds is 7. The minimum atomic E-state index is -0.955. The van der Waals surface area contributed by atoms with Gasteiger partial charge in [-0.3, -0.25) is 9.59 Å². The van der Waals surface area contributed by atoms with Gasteiger partial charge >= 0.3 is 5.97 Å². The van der Waals surface area contributed by atoms with E-state index in [0.29, 0.717) is 19.4 Å². The van der Waals surface area contributed by atoms with E-state index in [1.807, 2.05) is 6.92 Å². The van der Waals surface area contributed by atoms with Gasteiger partial charge in [0.15, 0.2) is 0 Å². The van der Waals surface area contributed by atoms with Gasteiger partial charge in [0.25, 0.3) is 0 Å². The second-order valence-corrected chi connectivity index (χ2v) is 4.38. The van der Waals surface area contributed by atoms with Gasteiger partial charge in [0.2, 0.25) is 5.91 Å². The van der Waals surface area contributed by atoms with Gasteiger partial charge in [0.05, 0.1) is 6.10 Å². The molecule has 0 aliphatic carbocycles. The minimum Gasteiger partial charge on any atom is -0.480 e. The van der Waals surface area contributed by atoms with Gasteiger partial charge in [-0.05, 0) is 25.7 Å². The van der Waals surface area contributed by atoms with E-state index in [0.717, 1.165) is 25.9 Å². The molecule has 0 aromatic rings. The third-order valence-electron chi connectivity index (χ3n) is 2.88. The van der Waals surface area contributed by atoms with E-state index in [9.17, 15) is 9.59 Å². The highest BCUT2D eigenvalue weighted by Gasteiger charge is 2.20. The highest BCUT2D eigenvalue weighted by molar-refractivity contribution is 5.81. The molecule has 1 N–H and O–H groups in total. The number of hydrogen-bond acceptors (Lipinski definition) is 3. The van der Waals surface area contributed by atoms with E-state index in [2.05, 4.69) is 0 Å².